The van der Waals surface area contributed by atoms with E-state index >= 15 is 0 Å². The summed E-state index contributed by atoms with van der Waals surface area (Å²) in [6.07, 6.45) is 2.14. The molecule has 0 aromatic heterocycles. The average molecular weight is 257 g/mol. The number of carbonyl (C=O) groups is 3. The third-order valence-corrected chi connectivity index (χ3v) is 2.45. The van der Waals surface area contributed by atoms with Crippen LogP contribution in [0, 0.1) is 0 Å². The van der Waals surface area contributed by atoms with Crippen molar-refractivity contribution in [2.24, 2.45) is 0 Å². The average Bonchev–Trinajstić information content (AvgIpc) is 2.44. The van der Waals surface area contributed by atoms with Crippen molar-refractivity contribution in [3.63, 3.8) is 0 Å². The van der Waals surface area contributed by atoms with Crippen molar-refractivity contribution >= 4 is 17.5 Å². The molecule has 0 spiro atoms. The van der Waals surface area contributed by atoms with Gasteiger partial charge in [-0.3, -0.25) is 14.4 Å². The Balaban J connectivity index is 2.60. The molecule has 1 amide bonds. The quantitative estimate of drug-likeness (QED) is 0.460. The van der Waals surface area contributed by atoms with Gasteiger partial charge < -0.3 is 5.32 Å². The molecule has 0 aliphatic rings. The molecule has 1 N–H and O–H groups in total. The maximum atomic E-state index is 11.4. The summed E-state index contributed by atoms with van der Waals surface area (Å²) in [6.45, 7) is 6.98. The Labute approximate surface area is 111 Å². The van der Waals surface area contributed by atoms with Crippen molar-refractivity contribution in [1.29, 1.82) is 0 Å². The van der Waals surface area contributed by atoms with E-state index in [2.05, 4.69) is 18.5 Å². The Morgan fingerprint density at radius 2 is 1.89 bits per heavy atom. The second kappa shape index (κ2) is 7.06. The molecule has 0 fully saturated rings. The number of nitrogens with one attached hydrogen (secondary N) is 1. The number of amides is 1. The van der Waals surface area contributed by atoms with Crippen molar-refractivity contribution in [3.05, 3.63) is 60.7 Å². The first-order valence-corrected chi connectivity index (χ1v) is 5.74. The van der Waals surface area contributed by atoms with E-state index in [0.717, 1.165) is 11.6 Å². The molecule has 1 aromatic carbocycles. The fourth-order valence-corrected chi connectivity index (χ4v) is 1.45. The van der Waals surface area contributed by atoms with E-state index in [0.29, 0.717) is 5.56 Å². The van der Waals surface area contributed by atoms with Crippen LogP contribution in [0.3, 0.4) is 0 Å². The highest BCUT2D eigenvalue weighted by molar-refractivity contribution is 6.04. The van der Waals surface area contributed by atoms with Crippen LogP contribution < -0.4 is 5.32 Å². The number of hydrogen-bond acceptors (Lipinski definition) is 3. The van der Waals surface area contributed by atoms with E-state index in [-0.39, 0.29) is 30.4 Å². The van der Waals surface area contributed by atoms with E-state index in [1.54, 1.807) is 24.3 Å². The number of allylic oxidation sites excluding steroid dienone is 2. The van der Waals surface area contributed by atoms with E-state index < -0.39 is 0 Å². The minimum Gasteiger partial charge on any atom is -0.352 e. The summed E-state index contributed by atoms with van der Waals surface area (Å²) in [7, 11) is 0. The summed E-state index contributed by atoms with van der Waals surface area (Å²) < 4.78 is 0. The van der Waals surface area contributed by atoms with Crippen LogP contribution in [-0.4, -0.2) is 17.5 Å². The lowest BCUT2D eigenvalue weighted by atomic mass is 10.1. The summed E-state index contributed by atoms with van der Waals surface area (Å²) in [5.74, 6) is -0.867. The van der Waals surface area contributed by atoms with Gasteiger partial charge in [-0.1, -0.05) is 31.4 Å². The normalized spacial score (nSPS) is 9.47. The zero-order valence-corrected chi connectivity index (χ0v) is 10.5. The Hall–Kier alpha value is -2.49. The van der Waals surface area contributed by atoms with Crippen LogP contribution in [0.5, 0.6) is 0 Å². The summed E-state index contributed by atoms with van der Waals surface area (Å²) in [6, 6.07) is 6.87. The van der Waals surface area contributed by atoms with Crippen LogP contribution >= 0.6 is 0 Å². The molecule has 4 heteroatoms. The highest BCUT2D eigenvalue weighted by atomic mass is 16.2. The first kappa shape index (κ1) is 14.6. The smallest absolute Gasteiger partial charge is 0.228 e. The van der Waals surface area contributed by atoms with Gasteiger partial charge in [-0.25, -0.2) is 0 Å². The van der Waals surface area contributed by atoms with Crippen LogP contribution in [0.1, 0.15) is 22.3 Å². The molecule has 0 aliphatic heterocycles. The fourth-order valence-electron chi connectivity index (χ4n) is 1.45. The molecule has 0 saturated heterocycles. The maximum Gasteiger partial charge on any atom is 0.228 e. The second-order valence-corrected chi connectivity index (χ2v) is 3.89. The summed E-state index contributed by atoms with van der Waals surface area (Å²) in [4.78, 5) is 33.8. The molecule has 19 heavy (non-hydrogen) atoms. The van der Waals surface area contributed by atoms with E-state index in [1.807, 2.05) is 0 Å². The van der Waals surface area contributed by atoms with Crippen LogP contribution in [0.2, 0.25) is 0 Å². The van der Waals surface area contributed by atoms with Gasteiger partial charge >= 0.3 is 0 Å². The summed E-state index contributed by atoms with van der Waals surface area (Å²) >= 11 is 0. The maximum absolute atomic E-state index is 11.4. The van der Waals surface area contributed by atoms with Gasteiger partial charge in [0.2, 0.25) is 5.91 Å². The number of hydrogen-bond donors (Lipinski definition) is 1. The third-order valence-electron chi connectivity index (χ3n) is 2.45. The molecule has 4 nitrogen and oxygen atoms in total. The van der Waals surface area contributed by atoms with Crippen molar-refractivity contribution in [2.45, 2.75) is 13.0 Å². The third kappa shape index (κ3) is 4.71. The molecule has 1 aromatic rings. The minimum absolute atomic E-state index is 0.171. The monoisotopic (exact) mass is 257 g/mol. The molecule has 98 valence electrons. The van der Waals surface area contributed by atoms with Gasteiger partial charge in [-0.15, -0.1) is 0 Å². The lowest BCUT2D eigenvalue weighted by molar-refractivity contribution is -0.126. The van der Waals surface area contributed by atoms with Crippen molar-refractivity contribution in [3.8, 4) is 0 Å². The van der Waals surface area contributed by atoms with Gasteiger partial charge in [-0.2, -0.15) is 0 Å². The molecule has 0 aliphatic carbocycles. The number of carbonyl (C=O) groups excluding carboxylic acids is 3. The van der Waals surface area contributed by atoms with Gasteiger partial charge in [0.25, 0.3) is 0 Å². The predicted molar refractivity (Wildman–Crippen MR) is 72.6 cm³/mol. The first-order chi connectivity index (χ1) is 9.06. The van der Waals surface area contributed by atoms with Crippen molar-refractivity contribution in [2.75, 3.05) is 0 Å². The van der Waals surface area contributed by atoms with Crippen LogP contribution in [0.4, 0.5) is 0 Å². The van der Waals surface area contributed by atoms with Crippen LogP contribution in [0.25, 0.3) is 0 Å². The summed E-state index contributed by atoms with van der Waals surface area (Å²) in [5.41, 5.74) is 1.30. The van der Waals surface area contributed by atoms with Gasteiger partial charge in [0, 0.05) is 12.1 Å². The van der Waals surface area contributed by atoms with E-state index in [1.165, 1.54) is 6.08 Å². The lowest BCUT2D eigenvalue weighted by Crippen LogP contribution is -2.24. The molecule has 1 rings (SSSR count). The van der Waals surface area contributed by atoms with Gasteiger partial charge in [0.1, 0.15) is 0 Å². The second-order valence-electron chi connectivity index (χ2n) is 3.89. The van der Waals surface area contributed by atoms with E-state index in [4.69, 9.17) is 0 Å². The number of benzene rings is 1. The molecule has 0 radical (unpaired) electrons. The number of ketones is 2. The van der Waals surface area contributed by atoms with Crippen LogP contribution in [-0.2, 0) is 16.1 Å². The Kier molecular flexibility index (Phi) is 5.41. The van der Waals surface area contributed by atoms with Gasteiger partial charge in [0.05, 0.1) is 6.42 Å². The summed E-state index contributed by atoms with van der Waals surface area (Å²) in [5, 5.41) is 2.60. The first-order valence-electron chi connectivity index (χ1n) is 5.74. The molecule has 0 atom stereocenters. The number of rotatable bonds is 7. The van der Waals surface area contributed by atoms with Crippen molar-refractivity contribution in [1.82, 2.24) is 5.32 Å². The molecule has 0 unspecified atom stereocenters. The predicted octanol–water partition coefficient (Wildman–Crippen LogP) is 1.82. The highest BCUT2D eigenvalue weighted by Gasteiger charge is 2.07. The molecule has 0 heterocycles. The molecule has 0 saturated carbocycles. The molecular formula is C15H15NO3. The Bertz CT molecular complexity index is 532. The van der Waals surface area contributed by atoms with Crippen molar-refractivity contribution < 1.29 is 14.4 Å². The molecule has 0 bridgehead atoms. The largest absolute Gasteiger partial charge is 0.352 e. The zero-order chi connectivity index (χ0) is 14.3. The standard InChI is InChI=1S/C15H15NO3/c1-3-13(17)9-15(19)16-10-11-6-5-7-12(8-11)14(18)4-2/h3-8H,1-2,9-10H2,(H,16,19). The highest BCUT2D eigenvalue weighted by Crippen LogP contribution is 2.06. The Morgan fingerprint density at radius 3 is 2.53 bits per heavy atom. The zero-order valence-electron chi connectivity index (χ0n) is 10.5. The van der Waals surface area contributed by atoms with Gasteiger partial charge in [-0.05, 0) is 23.8 Å². The topological polar surface area (TPSA) is 63.2 Å². The minimum atomic E-state index is -0.370. The Morgan fingerprint density at radius 1 is 1.16 bits per heavy atom. The van der Waals surface area contributed by atoms with E-state index in [9.17, 15) is 14.4 Å². The fraction of sp³-hybridized carbons (Fsp3) is 0.133. The lowest BCUT2D eigenvalue weighted by Gasteiger charge is -2.05. The SMILES string of the molecule is C=CC(=O)CC(=O)NCc1cccc(C(=O)C=C)c1. The molecular weight excluding hydrogens is 242 g/mol. The van der Waals surface area contributed by atoms with Crippen LogP contribution in [0.15, 0.2) is 49.6 Å². The van der Waals surface area contributed by atoms with Gasteiger partial charge in [0.15, 0.2) is 11.6 Å².